The van der Waals surface area contributed by atoms with Crippen LogP contribution in [0.5, 0.6) is 0 Å². The maximum atomic E-state index is 17.0. The number of aromatic amines is 2. The minimum absolute atomic E-state index is 0.0697. The van der Waals surface area contributed by atoms with Crippen LogP contribution in [0.1, 0.15) is 124 Å². The van der Waals surface area contributed by atoms with Gasteiger partial charge in [-0.05, 0) is 113 Å². The highest BCUT2D eigenvalue weighted by Crippen LogP contribution is 2.50. The van der Waals surface area contributed by atoms with Gasteiger partial charge in [-0.3, -0.25) is 9.59 Å². The zero-order chi connectivity index (χ0) is 55.1. The molecule has 22 heteroatoms. The van der Waals surface area contributed by atoms with Gasteiger partial charge in [0, 0.05) is 57.2 Å². The van der Waals surface area contributed by atoms with Crippen LogP contribution < -0.4 is 20.4 Å². The molecule has 2 aromatic heterocycles. The van der Waals surface area contributed by atoms with E-state index in [0.717, 1.165) is 0 Å². The Morgan fingerprint density at radius 2 is 1.12 bits per heavy atom. The second kappa shape index (κ2) is 22.5. The number of H-pyrrole nitrogens is 2. The quantitative estimate of drug-likeness (QED) is 0.0610. The minimum Gasteiger partial charge on any atom is -0.465 e. The van der Waals surface area contributed by atoms with E-state index in [1.54, 1.807) is 40.7 Å². The fourth-order valence-electron chi connectivity index (χ4n) is 12.2. The van der Waals surface area contributed by atoms with Crippen molar-refractivity contribution in [3.63, 3.8) is 0 Å². The van der Waals surface area contributed by atoms with E-state index in [1.165, 1.54) is 56.1 Å². The fraction of sp³-hybridized carbons (Fsp3) is 0.464. The summed E-state index contributed by atoms with van der Waals surface area (Å²) in [6, 6.07) is 13.0. The number of carbonyl (C=O) groups excluding carboxylic acids is 3. The summed E-state index contributed by atoms with van der Waals surface area (Å²) in [4.78, 5) is 74.6. The first kappa shape index (κ1) is 53.9. The van der Waals surface area contributed by atoms with Crippen LogP contribution in [0.15, 0.2) is 66.7 Å². The number of aromatic nitrogens is 4. The maximum absolute atomic E-state index is 17.0. The number of amides is 4. The van der Waals surface area contributed by atoms with Gasteiger partial charge >= 0.3 is 12.2 Å². The molecule has 414 valence electrons. The molecule has 4 saturated heterocycles. The third-order valence-electron chi connectivity index (χ3n) is 16.4. The second-order valence-electron chi connectivity index (χ2n) is 20.8. The Morgan fingerprint density at radius 1 is 0.628 bits per heavy atom. The number of nitrogens with zero attached hydrogens (tertiary/aromatic N) is 6. The normalized spacial score (nSPS) is 21.6. The highest BCUT2D eigenvalue weighted by Gasteiger charge is 2.43. The number of alkyl carbamates (subject to hydrolysis) is 1. The van der Waals surface area contributed by atoms with Crippen LogP contribution in [0.25, 0.3) is 22.1 Å². The van der Waals surface area contributed by atoms with Crippen LogP contribution in [0.3, 0.4) is 0 Å². The minimum atomic E-state index is -1.39. The number of halogens is 4. The summed E-state index contributed by atoms with van der Waals surface area (Å²) < 4.78 is 83.2. The van der Waals surface area contributed by atoms with Crippen LogP contribution in [0.4, 0.5) is 38.5 Å². The summed E-state index contributed by atoms with van der Waals surface area (Å²) in [6.45, 7) is 4.74. The molecule has 0 saturated carbocycles. The lowest BCUT2D eigenvalue weighted by Gasteiger charge is -2.36. The van der Waals surface area contributed by atoms with Crippen molar-refractivity contribution in [1.82, 2.24) is 40.4 Å². The fourth-order valence-corrected chi connectivity index (χ4v) is 12.2. The molecule has 4 aromatic carbocycles. The molecule has 6 aromatic rings. The Bertz CT molecular complexity index is 3190. The van der Waals surface area contributed by atoms with E-state index >= 15 is 17.6 Å². The number of fused-ring (bicyclic) bond motifs is 2. The number of hydrogen-bond donors (Lipinski definition) is 5. The third kappa shape index (κ3) is 10.4. The first-order valence-corrected chi connectivity index (χ1v) is 26.5. The molecule has 4 aliphatic rings. The molecule has 4 fully saturated rings. The number of methoxy groups -OCH3 is 3. The number of piperidine rings is 1. The Balaban J connectivity index is 0.996. The molecule has 0 unspecified atom stereocenters. The van der Waals surface area contributed by atoms with Crippen LogP contribution in [0.2, 0.25) is 0 Å². The van der Waals surface area contributed by atoms with Gasteiger partial charge in [0.1, 0.15) is 41.1 Å². The molecule has 8 atom stereocenters. The predicted molar refractivity (Wildman–Crippen MR) is 281 cm³/mol. The molecule has 10 rings (SSSR count). The monoisotopic (exact) mass is 1080 g/mol. The molecule has 18 nitrogen and oxygen atoms in total. The summed E-state index contributed by atoms with van der Waals surface area (Å²) in [5, 5.41) is 14.4. The highest BCUT2D eigenvalue weighted by molar-refractivity contribution is 5.88. The topological polar surface area (TPSA) is 211 Å². The number of anilines is 2. The number of carbonyl (C=O) groups is 4. The van der Waals surface area contributed by atoms with Crippen molar-refractivity contribution < 1.29 is 56.1 Å². The molecule has 78 heavy (non-hydrogen) atoms. The number of hydrogen-bond acceptors (Lipinski definition) is 11. The molecular formula is C56H64F4N10O8. The Labute approximate surface area is 447 Å². The molecular weight excluding hydrogens is 1020 g/mol. The summed E-state index contributed by atoms with van der Waals surface area (Å²) in [7, 11) is 4.00. The summed E-state index contributed by atoms with van der Waals surface area (Å²) >= 11 is 0. The van der Waals surface area contributed by atoms with Crippen molar-refractivity contribution in [1.29, 1.82) is 0 Å². The van der Waals surface area contributed by atoms with Crippen molar-refractivity contribution >= 4 is 57.4 Å². The Morgan fingerprint density at radius 3 is 1.58 bits per heavy atom. The van der Waals surface area contributed by atoms with Gasteiger partial charge in [0.05, 0.1) is 65.6 Å². The number of carboxylic acid groups (broad SMARTS) is 1. The van der Waals surface area contributed by atoms with E-state index in [0.29, 0.717) is 98.4 Å². The van der Waals surface area contributed by atoms with Gasteiger partial charge in [-0.15, -0.1) is 0 Å². The first-order valence-electron chi connectivity index (χ1n) is 26.5. The van der Waals surface area contributed by atoms with E-state index in [1.807, 2.05) is 18.2 Å². The van der Waals surface area contributed by atoms with Crippen LogP contribution in [-0.2, 0) is 23.8 Å². The second-order valence-corrected chi connectivity index (χ2v) is 20.8. The van der Waals surface area contributed by atoms with E-state index in [4.69, 9.17) is 24.2 Å². The Hall–Kier alpha value is -7.46. The van der Waals surface area contributed by atoms with Crippen molar-refractivity contribution in [2.75, 3.05) is 57.3 Å². The number of nitrogens with one attached hydrogen (secondary N) is 4. The van der Waals surface area contributed by atoms with Crippen molar-refractivity contribution in [3.05, 3.63) is 118 Å². The lowest BCUT2D eigenvalue weighted by molar-refractivity contribution is -0.138. The van der Waals surface area contributed by atoms with Gasteiger partial charge in [-0.25, -0.2) is 37.1 Å². The lowest BCUT2D eigenvalue weighted by Crippen LogP contribution is -2.54. The molecule has 0 radical (unpaired) electrons. The number of benzene rings is 4. The summed E-state index contributed by atoms with van der Waals surface area (Å²) in [5.41, 5.74) is 2.75. The van der Waals surface area contributed by atoms with Crippen LogP contribution in [-0.4, -0.2) is 131 Å². The molecule has 6 heterocycles. The number of ether oxygens (including phenoxy) is 3. The summed E-state index contributed by atoms with van der Waals surface area (Å²) in [5.74, 6) is -2.86. The number of imidazole rings is 2. The Kier molecular flexibility index (Phi) is 15.5. The maximum Gasteiger partial charge on any atom is 0.407 e. The van der Waals surface area contributed by atoms with E-state index < -0.39 is 95.7 Å². The van der Waals surface area contributed by atoms with Gasteiger partial charge in [0.25, 0.3) is 0 Å². The molecule has 0 spiro atoms. The van der Waals surface area contributed by atoms with Crippen LogP contribution >= 0.6 is 0 Å². The zero-order valence-corrected chi connectivity index (χ0v) is 44.0. The van der Waals surface area contributed by atoms with Gasteiger partial charge < -0.3 is 59.5 Å². The van der Waals surface area contributed by atoms with E-state index in [2.05, 4.69) is 32.7 Å². The van der Waals surface area contributed by atoms with Gasteiger partial charge in [-0.1, -0.05) is 30.3 Å². The van der Waals surface area contributed by atoms with Crippen molar-refractivity contribution in [2.24, 2.45) is 0 Å². The first-order chi connectivity index (χ1) is 37.6. The van der Waals surface area contributed by atoms with E-state index in [9.17, 15) is 24.3 Å². The van der Waals surface area contributed by atoms with Gasteiger partial charge in [-0.2, -0.15) is 0 Å². The molecule has 0 bridgehead atoms. The third-order valence-corrected chi connectivity index (χ3v) is 16.4. The highest BCUT2D eigenvalue weighted by atomic mass is 19.1. The predicted octanol–water partition coefficient (Wildman–Crippen LogP) is 9.22. The van der Waals surface area contributed by atoms with Crippen molar-refractivity contribution in [2.45, 2.75) is 120 Å². The number of rotatable bonds is 15. The van der Waals surface area contributed by atoms with Gasteiger partial charge in [0.2, 0.25) is 11.8 Å². The van der Waals surface area contributed by atoms with Gasteiger partial charge in [0.15, 0.2) is 11.6 Å². The SMILES string of the molecule is COC(=O)N[C@H](C(=O)N1CCC[C@H]1c1nc2cc([C@H]3CC[C@H](c4cc5nc([C@@H]6CCCN6C(=O)[C@@H](NC(=O)O)[C@@H](C)OC)[nH]c5cc4F)N3c3cc(F)c(N4CCC(c5ccccc5)CC4)c(F)c3)c(F)cc2[nH]1)[C@@H](C)OC. The van der Waals surface area contributed by atoms with E-state index in [-0.39, 0.29) is 41.3 Å². The number of likely N-dealkylation sites (tertiary alicyclic amines) is 2. The zero-order valence-electron chi connectivity index (χ0n) is 44.0. The lowest BCUT2D eigenvalue weighted by atomic mass is 9.89. The average molecular weight is 1080 g/mol. The smallest absolute Gasteiger partial charge is 0.407 e. The van der Waals surface area contributed by atoms with Crippen LogP contribution in [0, 0.1) is 23.3 Å². The molecule has 0 aliphatic carbocycles. The standard InChI is InChI=1S/C56H64F4N10O8/c1-29(76-3)48(65-55(73)74)53(71)68-19-9-13-46(68)51-61-40-25-34(36(57)27-42(40)63-51)44-15-16-45(70(44)33-23-38(59)50(39(60)24-33)67-21-17-32(18-22-67)31-11-7-6-8-12-31)35-26-41-43(28-37(35)58)64-52(62-41)47-14-10-20-69(47)54(72)49(30(2)77-4)66-56(75)78-5/h6-8,11-12,23-30,32,44-49,65H,9-10,13-22H2,1-5H3,(H,61,63)(H,62,64)(H,66,75)(H,73,74)/t29-,30-,44-,45-,46+,47+,48+,49+/m1/s1. The molecule has 4 aliphatic heterocycles. The molecule has 5 N–H and O–H groups in total. The largest absolute Gasteiger partial charge is 0.465 e. The van der Waals surface area contributed by atoms with Crippen molar-refractivity contribution in [3.8, 4) is 0 Å². The average Bonchev–Trinajstić information content (AvgIpc) is 4.35. The summed E-state index contributed by atoms with van der Waals surface area (Å²) in [6.07, 6.45) is 0.381. The molecule has 4 amide bonds.